The number of rotatable bonds is 11. The first kappa shape index (κ1) is 17.2. The Morgan fingerprint density at radius 1 is 0.857 bits per heavy atom. The molecule has 5 atom stereocenters. The molecule has 2 aliphatic rings. The standard InChI is InChI=1S/C16H30O5/c1-2-3-4-5-6-7-8-9-10-19-11-12-13(17)14(18)15-16(20-12)21-15/h12-18H,2-11H2,1H3. The summed E-state index contributed by atoms with van der Waals surface area (Å²) in [5.74, 6) is 0. The molecule has 0 amide bonds. The SMILES string of the molecule is CCCCCCCCCCOCC1OC2OC2C(O)C1O. The zero-order chi connectivity index (χ0) is 15.1. The van der Waals surface area contributed by atoms with Crippen molar-refractivity contribution in [1.82, 2.24) is 0 Å². The Kier molecular flexibility index (Phi) is 7.40. The van der Waals surface area contributed by atoms with E-state index in [0.717, 1.165) is 6.42 Å². The number of epoxide rings is 1. The summed E-state index contributed by atoms with van der Waals surface area (Å²) in [6.45, 7) is 3.24. The van der Waals surface area contributed by atoms with E-state index in [1.54, 1.807) is 0 Å². The van der Waals surface area contributed by atoms with Crippen LogP contribution in [0.4, 0.5) is 0 Å². The second-order valence-electron chi connectivity index (χ2n) is 6.17. The van der Waals surface area contributed by atoms with Crippen molar-refractivity contribution in [2.24, 2.45) is 0 Å². The van der Waals surface area contributed by atoms with E-state index >= 15 is 0 Å². The average Bonchev–Trinajstić information content (AvgIpc) is 3.25. The molecule has 0 bridgehead atoms. The minimum atomic E-state index is -0.910. The molecule has 0 aliphatic carbocycles. The van der Waals surface area contributed by atoms with Crippen LogP contribution < -0.4 is 0 Å². The normalized spacial score (nSPS) is 34.7. The Balaban J connectivity index is 1.41. The van der Waals surface area contributed by atoms with Crippen LogP contribution in [0, 0.1) is 0 Å². The van der Waals surface area contributed by atoms with Crippen molar-refractivity contribution in [1.29, 1.82) is 0 Å². The van der Waals surface area contributed by atoms with Gasteiger partial charge in [-0.25, -0.2) is 0 Å². The second-order valence-corrected chi connectivity index (χ2v) is 6.17. The molecular formula is C16H30O5. The largest absolute Gasteiger partial charge is 0.387 e. The summed E-state index contributed by atoms with van der Waals surface area (Å²) < 4.78 is 16.1. The summed E-state index contributed by atoms with van der Waals surface area (Å²) in [5.41, 5.74) is 0. The van der Waals surface area contributed by atoms with Gasteiger partial charge < -0.3 is 24.4 Å². The maximum absolute atomic E-state index is 9.84. The summed E-state index contributed by atoms with van der Waals surface area (Å²) in [5, 5.41) is 19.6. The summed E-state index contributed by atoms with van der Waals surface area (Å²) in [4.78, 5) is 0. The van der Waals surface area contributed by atoms with Gasteiger partial charge in [0, 0.05) is 6.61 Å². The zero-order valence-corrected chi connectivity index (χ0v) is 13.1. The molecular weight excluding hydrogens is 272 g/mol. The molecule has 5 unspecified atom stereocenters. The average molecular weight is 302 g/mol. The van der Waals surface area contributed by atoms with Crippen LogP contribution in [0.1, 0.15) is 58.3 Å². The lowest BCUT2D eigenvalue weighted by Gasteiger charge is -2.28. The molecule has 2 N–H and O–H groups in total. The van der Waals surface area contributed by atoms with Crippen molar-refractivity contribution in [3.8, 4) is 0 Å². The molecule has 5 heteroatoms. The van der Waals surface area contributed by atoms with Crippen LogP contribution >= 0.6 is 0 Å². The summed E-state index contributed by atoms with van der Waals surface area (Å²) in [6.07, 6.45) is 7.25. The Labute approximate surface area is 127 Å². The van der Waals surface area contributed by atoms with Crippen molar-refractivity contribution in [2.45, 2.75) is 89.0 Å². The third-order valence-corrected chi connectivity index (χ3v) is 4.28. The van der Waals surface area contributed by atoms with Gasteiger partial charge in [0.05, 0.1) is 6.61 Å². The van der Waals surface area contributed by atoms with Crippen molar-refractivity contribution in [2.75, 3.05) is 13.2 Å². The molecule has 0 radical (unpaired) electrons. The number of aliphatic hydroxyl groups is 2. The number of ether oxygens (including phenoxy) is 3. The molecule has 5 nitrogen and oxygen atoms in total. The van der Waals surface area contributed by atoms with E-state index < -0.39 is 18.3 Å². The van der Waals surface area contributed by atoms with E-state index in [9.17, 15) is 10.2 Å². The molecule has 0 aromatic carbocycles. The van der Waals surface area contributed by atoms with Gasteiger partial charge in [-0.2, -0.15) is 0 Å². The van der Waals surface area contributed by atoms with Crippen LogP contribution in [0.5, 0.6) is 0 Å². The minimum absolute atomic E-state index is 0.321. The van der Waals surface area contributed by atoms with Crippen molar-refractivity contribution >= 4 is 0 Å². The fourth-order valence-electron chi connectivity index (χ4n) is 2.80. The van der Waals surface area contributed by atoms with Crippen molar-refractivity contribution < 1.29 is 24.4 Å². The van der Waals surface area contributed by atoms with E-state index in [1.807, 2.05) is 0 Å². The summed E-state index contributed by atoms with van der Waals surface area (Å²) >= 11 is 0. The Morgan fingerprint density at radius 2 is 1.52 bits per heavy atom. The number of hydrogen-bond acceptors (Lipinski definition) is 5. The molecule has 124 valence electrons. The topological polar surface area (TPSA) is 71.5 Å². The van der Waals surface area contributed by atoms with Crippen LogP contribution in [0.2, 0.25) is 0 Å². The fourth-order valence-corrected chi connectivity index (χ4v) is 2.80. The van der Waals surface area contributed by atoms with Crippen LogP contribution in [-0.2, 0) is 14.2 Å². The molecule has 0 spiro atoms. The number of fused-ring (bicyclic) bond motifs is 1. The van der Waals surface area contributed by atoms with Crippen LogP contribution in [-0.4, -0.2) is 54.1 Å². The van der Waals surface area contributed by atoms with Gasteiger partial charge in [0.15, 0.2) is 6.29 Å². The highest BCUT2D eigenvalue weighted by atomic mass is 16.8. The Morgan fingerprint density at radius 3 is 2.24 bits per heavy atom. The molecule has 2 fully saturated rings. The molecule has 2 rings (SSSR count). The molecule has 2 saturated heterocycles. The maximum Gasteiger partial charge on any atom is 0.187 e. The smallest absolute Gasteiger partial charge is 0.187 e. The van der Waals surface area contributed by atoms with Crippen LogP contribution in [0.3, 0.4) is 0 Å². The van der Waals surface area contributed by atoms with Gasteiger partial charge in [0.2, 0.25) is 0 Å². The number of hydrogen-bond donors (Lipinski definition) is 2. The molecule has 0 aromatic rings. The number of unbranched alkanes of at least 4 members (excludes halogenated alkanes) is 7. The second kappa shape index (κ2) is 9.06. The van der Waals surface area contributed by atoms with E-state index in [0.29, 0.717) is 13.2 Å². The third kappa shape index (κ3) is 5.49. The van der Waals surface area contributed by atoms with Gasteiger partial charge in [-0.1, -0.05) is 51.9 Å². The van der Waals surface area contributed by atoms with E-state index in [1.165, 1.54) is 44.9 Å². The highest BCUT2D eigenvalue weighted by Gasteiger charge is 2.55. The number of aliphatic hydroxyl groups excluding tert-OH is 2. The molecule has 0 aromatic heterocycles. The van der Waals surface area contributed by atoms with Gasteiger partial charge >= 0.3 is 0 Å². The van der Waals surface area contributed by atoms with E-state index in [4.69, 9.17) is 14.2 Å². The van der Waals surface area contributed by atoms with Gasteiger partial charge in [-0.3, -0.25) is 0 Å². The van der Waals surface area contributed by atoms with Gasteiger partial charge in [0.1, 0.15) is 24.4 Å². The molecule has 0 saturated carbocycles. The molecule has 21 heavy (non-hydrogen) atoms. The highest BCUT2D eigenvalue weighted by Crippen LogP contribution is 2.35. The lowest BCUT2D eigenvalue weighted by molar-refractivity contribution is -0.152. The first-order valence-corrected chi connectivity index (χ1v) is 8.49. The first-order valence-electron chi connectivity index (χ1n) is 8.49. The third-order valence-electron chi connectivity index (χ3n) is 4.28. The van der Waals surface area contributed by atoms with E-state index in [-0.39, 0.29) is 12.4 Å². The van der Waals surface area contributed by atoms with Gasteiger partial charge in [-0.05, 0) is 6.42 Å². The summed E-state index contributed by atoms with van der Waals surface area (Å²) in [7, 11) is 0. The minimum Gasteiger partial charge on any atom is -0.387 e. The monoisotopic (exact) mass is 302 g/mol. The fraction of sp³-hybridized carbons (Fsp3) is 1.00. The summed E-state index contributed by atoms with van der Waals surface area (Å²) in [6, 6.07) is 0. The zero-order valence-electron chi connectivity index (χ0n) is 13.1. The van der Waals surface area contributed by atoms with E-state index in [2.05, 4.69) is 6.92 Å². The van der Waals surface area contributed by atoms with Crippen molar-refractivity contribution in [3.05, 3.63) is 0 Å². The van der Waals surface area contributed by atoms with Crippen LogP contribution in [0.15, 0.2) is 0 Å². The first-order chi connectivity index (χ1) is 10.2. The highest BCUT2D eigenvalue weighted by molar-refractivity contribution is 4.97. The Bertz CT molecular complexity index is 286. The molecule has 2 heterocycles. The quantitative estimate of drug-likeness (QED) is 0.451. The van der Waals surface area contributed by atoms with Crippen molar-refractivity contribution in [3.63, 3.8) is 0 Å². The molecule has 2 aliphatic heterocycles. The van der Waals surface area contributed by atoms with Crippen LogP contribution in [0.25, 0.3) is 0 Å². The van der Waals surface area contributed by atoms with Gasteiger partial charge in [0.25, 0.3) is 0 Å². The maximum atomic E-state index is 9.84. The lowest BCUT2D eigenvalue weighted by atomic mass is 10.0. The lowest BCUT2D eigenvalue weighted by Crippen LogP contribution is -2.49. The van der Waals surface area contributed by atoms with Gasteiger partial charge in [-0.15, -0.1) is 0 Å². The Hall–Kier alpha value is -0.200. The predicted molar refractivity (Wildman–Crippen MR) is 79.0 cm³/mol. The predicted octanol–water partition coefficient (Wildman–Crippen LogP) is 1.99.